The molecule has 0 radical (unpaired) electrons. The molecule has 30 heavy (non-hydrogen) atoms. The van der Waals surface area contributed by atoms with Crippen LogP contribution >= 0.6 is 0 Å². The van der Waals surface area contributed by atoms with Crippen LogP contribution in [-0.4, -0.2) is 67.4 Å². The molecule has 0 aliphatic carbocycles. The van der Waals surface area contributed by atoms with E-state index >= 15 is 0 Å². The average Bonchev–Trinajstić information content (AvgIpc) is 3.43. The molecule has 0 bridgehead atoms. The second-order valence-electron chi connectivity index (χ2n) is 8.53. The summed E-state index contributed by atoms with van der Waals surface area (Å²) in [6, 6.07) is 12.2. The third kappa shape index (κ3) is 3.35. The van der Waals surface area contributed by atoms with Crippen LogP contribution in [0.3, 0.4) is 0 Å². The van der Waals surface area contributed by atoms with Crippen molar-refractivity contribution in [1.82, 2.24) is 9.80 Å². The quantitative estimate of drug-likeness (QED) is 0.722. The molecule has 2 saturated heterocycles. The van der Waals surface area contributed by atoms with E-state index in [-0.39, 0.29) is 11.8 Å². The molecule has 2 aliphatic rings. The van der Waals surface area contributed by atoms with Gasteiger partial charge in [0, 0.05) is 29.4 Å². The van der Waals surface area contributed by atoms with E-state index in [0.717, 1.165) is 66.3 Å². The maximum absolute atomic E-state index is 13.2. The summed E-state index contributed by atoms with van der Waals surface area (Å²) in [6.45, 7) is 7.20. The number of carbonyl (C=O) groups excluding carboxylic acids is 2. The van der Waals surface area contributed by atoms with Gasteiger partial charge in [-0.3, -0.25) is 9.59 Å². The summed E-state index contributed by atoms with van der Waals surface area (Å²) in [7, 11) is 0. The Bertz CT molecular complexity index is 1110. The summed E-state index contributed by atoms with van der Waals surface area (Å²) in [5.74, 6) is 0.651. The average molecular weight is 407 g/mol. The van der Waals surface area contributed by atoms with E-state index in [1.165, 1.54) is 4.90 Å². The number of furan rings is 1. The van der Waals surface area contributed by atoms with Gasteiger partial charge in [-0.15, -0.1) is 0 Å². The van der Waals surface area contributed by atoms with Crippen molar-refractivity contribution in [3.05, 3.63) is 47.7 Å². The Hall–Kier alpha value is -2.86. The van der Waals surface area contributed by atoms with Crippen LogP contribution < -0.4 is 4.90 Å². The minimum absolute atomic E-state index is 0.0438. The maximum Gasteiger partial charge on any atom is 0.290 e. The van der Waals surface area contributed by atoms with Gasteiger partial charge in [-0.25, -0.2) is 0 Å². The zero-order valence-corrected chi connectivity index (χ0v) is 17.4. The number of aryl methyl sites for hydroxylation is 1. The van der Waals surface area contributed by atoms with Gasteiger partial charge in [0.25, 0.3) is 11.8 Å². The van der Waals surface area contributed by atoms with Crippen LogP contribution in [0.25, 0.3) is 21.7 Å². The number of nitrogens with zero attached hydrogens (tertiary/aromatic N) is 2. The first-order valence-electron chi connectivity index (χ1n) is 10.9. The van der Waals surface area contributed by atoms with Crippen LogP contribution in [0.4, 0.5) is 0 Å². The van der Waals surface area contributed by atoms with Gasteiger partial charge in [-0.2, -0.15) is 0 Å². The lowest BCUT2D eigenvalue weighted by atomic mass is 10.1. The number of nitrogens with one attached hydrogen (secondary N) is 1. The number of amides is 2. The molecule has 6 nitrogen and oxygen atoms in total. The summed E-state index contributed by atoms with van der Waals surface area (Å²) in [4.78, 5) is 30.7. The molecule has 0 atom stereocenters. The van der Waals surface area contributed by atoms with Crippen LogP contribution in [0.15, 0.2) is 40.8 Å². The zero-order chi connectivity index (χ0) is 20.7. The van der Waals surface area contributed by atoms with Crippen molar-refractivity contribution in [3.63, 3.8) is 0 Å². The Balaban J connectivity index is 1.30. The fourth-order valence-electron chi connectivity index (χ4n) is 4.79. The summed E-state index contributed by atoms with van der Waals surface area (Å²) in [5, 5.41) is 3.14. The second-order valence-corrected chi connectivity index (χ2v) is 8.53. The maximum atomic E-state index is 13.2. The van der Waals surface area contributed by atoms with E-state index in [9.17, 15) is 9.59 Å². The van der Waals surface area contributed by atoms with Crippen LogP contribution in [0.2, 0.25) is 0 Å². The number of hydrogen-bond acceptors (Lipinski definition) is 3. The van der Waals surface area contributed by atoms with E-state index in [1.54, 1.807) is 0 Å². The van der Waals surface area contributed by atoms with E-state index in [0.29, 0.717) is 25.4 Å². The SMILES string of the molecule is Cc1c(C(=O)N2CC[NH+](CC(=O)N3CCCC3)CC2)oc2c1ccc1ccccc12. The Labute approximate surface area is 176 Å². The lowest BCUT2D eigenvalue weighted by Crippen LogP contribution is -3.15. The molecule has 6 heteroatoms. The highest BCUT2D eigenvalue weighted by Crippen LogP contribution is 2.32. The Kier molecular flexibility index (Phi) is 4.95. The predicted molar refractivity (Wildman–Crippen MR) is 116 cm³/mol. The highest BCUT2D eigenvalue weighted by molar-refractivity contribution is 6.08. The largest absolute Gasteiger partial charge is 0.450 e. The third-order valence-electron chi connectivity index (χ3n) is 6.64. The van der Waals surface area contributed by atoms with Crippen molar-refractivity contribution in [1.29, 1.82) is 0 Å². The van der Waals surface area contributed by atoms with Crippen LogP contribution in [-0.2, 0) is 4.79 Å². The van der Waals surface area contributed by atoms with Gasteiger partial charge >= 0.3 is 0 Å². The molecule has 0 saturated carbocycles. The number of piperazine rings is 1. The summed E-state index contributed by atoms with van der Waals surface area (Å²) in [6.07, 6.45) is 2.24. The minimum atomic E-state index is -0.0438. The van der Waals surface area contributed by atoms with Crippen molar-refractivity contribution < 1.29 is 18.9 Å². The van der Waals surface area contributed by atoms with Crippen molar-refractivity contribution in [2.45, 2.75) is 19.8 Å². The molecule has 2 aliphatic heterocycles. The molecule has 5 rings (SSSR count). The lowest BCUT2D eigenvalue weighted by Gasteiger charge is -2.32. The van der Waals surface area contributed by atoms with Gasteiger partial charge < -0.3 is 19.1 Å². The molecule has 2 amide bonds. The van der Waals surface area contributed by atoms with E-state index < -0.39 is 0 Å². The molecule has 1 aromatic heterocycles. The minimum Gasteiger partial charge on any atom is -0.450 e. The molecule has 0 unspecified atom stereocenters. The molecule has 2 aromatic carbocycles. The summed E-state index contributed by atoms with van der Waals surface area (Å²) in [5.41, 5.74) is 1.69. The molecular weight excluding hydrogens is 378 g/mol. The van der Waals surface area contributed by atoms with Gasteiger partial charge in [-0.1, -0.05) is 36.4 Å². The summed E-state index contributed by atoms with van der Waals surface area (Å²) >= 11 is 0. The topological polar surface area (TPSA) is 58.2 Å². The molecule has 156 valence electrons. The van der Waals surface area contributed by atoms with Crippen LogP contribution in [0.5, 0.6) is 0 Å². The molecule has 1 N–H and O–H groups in total. The van der Waals surface area contributed by atoms with Gasteiger partial charge in [-0.05, 0) is 25.2 Å². The van der Waals surface area contributed by atoms with Gasteiger partial charge in [0.1, 0.15) is 5.58 Å². The highest BCUT2D eigenvalue weighted by atomic mass is 16.3. The fourth-order valence-corrected chi connectivity index (χ4v) is 4.79. The van der Waals surface area contributed by atoms with Crippen molar-refractivity contribution in [2.75, 3.05) is 45.8 Å². The smallest absolute Gasteiger partial charge is 0.290 e. The van der Waals surface area contributed by atoms with Gasteiger partial charge in [0.2, 0.25) is 0 Å². The number of fused-ring (bicyclic) bond motifs is 3. The Morgan fingerprint density at radius 3 is 2.43 bits per heavy atom. The summed E-state index contributed by atoms with van der Waals surface area (Å²) < 4.78 is 6.13. The van der Waals surface area contributed by atoms with E-state index in [4.69, 9.17) is 4.42 Å². The number of rotatable bonds is 3. The van der Waals surface area contributed by atoms with E-state index in [2.05, 4.69) is 12.1 Å². The van der Waals surface area contributed by atoms with Crippen molar-refractivity contribution >= 4 is 33.6 Å². The monoisotopic (exact) mass is 406 g/mol. The normalized spacial score (nSPS) is 17.9. The van der Waals surface area contributed by atoms with Crippen LogP contribution in [0.1, 0.15) is 29.0 Å². The first kappa shape index (κ1) is 19.1. The zero-order valence-electron chi connectivity index (χ0n) is 17.4. The van der Waals surface area contributed by atoms with Crippen molar-refractivity contribution in [2.24, 2.45) is 0 Å². The number of benzene rings is 2. The molecule has 3 heterocycles. The van der Waals surface area contributed by atoms with Crippen LogP contribution in [0, 0.1) is 6.92 Å². The van der Waals surface area contributed by atoms with E-state index in [1.807, 2.05) is 41.0 Å². The Morgan fingerprint density at radius 2 is 1.67 bits per heavy atom. The van der Waals surface area contributed by atoms with Crippen molar-refractivity contribution in [3.8, 4) is 0 Å². The third-order valence-corrected chi connectivity index (χ3v) is 6.64. The first-order chi connectivity index (χ1) is 14.6. The number of likely N-dealkylation sites (tertiary alicyclic amines) is 1. The lowest BCUT2D eigenvalue weighted by molar-refractivity contribution is -0.896. The first-order valence-corrected chi connectivity index (χ1v) is 10.9. The molecule has 3 aromatic rings. The predicted octanol–water partition coefficient (Wildman–Crippen LogP) is 1.86. The second kappa shape index (κ2) is 7.76. The number of quaternary nitrogens is 1. The van der Waals surface area contributed by atoms with Gasteiger partial charge in [0.15, 0.2) is 12.3 Å². The van der Waals surface area contributed by atoms with Gasteiger partial charge in [0.05, 0.1) is 26.2 Å². The highest BCUT2D eigenvalue weighted by Gasteiger charge is 2.30. The molecule has 2 fully saturated rings. The fraction of sp³-hybridized carbons (Fsp3) is 0.417. The number of hydrogen-bond donors (Lipinski definition) is 1. The number of carbonyl (C=O) groups is 2. The molecular formula is C24H28N3O3+. The standard InChI is InChI=1S/C24H27N3O3/c1-17-19-9-8-18-6-2-3-7-20(18)23(19)30-22(17)24(29)27-14-12-25(13-15-27)16-21(28)26-10-4-5-11-26/h2-3,6-9H,4-5,10-16H2,1H3/p+1. The Morgan fingerprint density at radius 1 is 0.933 bits per heavy atom. The molecule has 0 spiro atoms.